The van der Waals surface area contributed by atoms with Crippen LogP contribution in [-0.4, -0.2) is 23.5 Å². The minimum atomic E-state index is -0.812. The van der Waals surface area contributed by atoms with Crippen molar-refractivity contribution in [2.24, 2.45) is 0 Å². The molecule has 27 heavy (non-hydrogen) atoms. The minimum absolute atomic E-state index is 0.0432. The van der Waals surface area contributed by atoms with E-state index < -0.39 is 5.97 Å². The highest BCUT2D eigenvalue weighted by Crippen LogP contribution is 2.10. The van der Waals surface area contributed by atoms with E-state index in [2.05, 4.69) is 37.4 Å². The van der Waals surface area contributed by atoms with E-state index in [1.165, 1.54) is 50.5 Å². The minimum Gasteiger partial charge on any atom is -0.481 e. The number of hydrogen-bond donors (Lipinski definition) is 2. The van der Waals surface area contributed by atoms with Gasteiger partial charge in [0.15, 0.2) is 0 Å². The number of carbonyl (C=O) groups is 2. The third-order valence-electron chi connectivity index (χ3n) is 4.57. The summed E-state index contributed by atoms with van der Waals surface area (Å²) < 4.78 is 0. The van der Waals surface area contributed by atoms with Crippen molar-refractivity contribution in [3.05, 3.63) is 23.8 Å². The lowest BCUT2D eigenvalue weighted by Crippen LogP contribution is -2.24. The number of carboxylic acids is 1. The molecule has 0 radical (unpaired) electrons. The third kappa shape index (κ3) is 20.6. The second kappa shape index (κ2) is 19.2. The molecule has 0 fully saturated rings. The molecule has 0 unspecified atom stereocenters. The van der Waals surface area contributed by atoms with Crippen LogP contribution in [0.3, 0.4) is 0 Å². The average Bonchev–Trinajstić information content (AvgIpc) is 2.63. The lowest BCUT2D eigenvalue weighted by Gasteiger charge is -2.04. The maximum atomic E-state index is 11.6. The normalized spacial score (nSPS) is 11.9. The molecule has 0 saturated carbocycles. The van der Waals surface area contributed by atoms with Gasteiger partial charge in [-0.3, -0.25) is 9.59 Å². The largest absolute Gasteiger partial charge is 0.481 e. The van der Waals surface area contributed by atoms with Crippen LogP contribution >= 0.6 is 0 Å². The first-order chi connectivity index (χ1) is 13.1. The summed E-state index contributed by atoms with van der Waals surface area (Å²) in [5, 5.41) is 11.3. The van der Waals surface area contributed by atoms with Gasteiger partial charge in [0, 0.05) is 19.4 Å². The molecule has 0 aliphatic carbocycles. The Morgan fingerprint density at radius 2 is 1.56 bits per heavy atom. The maximum Gasteiger partial charge on any atom is 0.303 e. The number of nitrogens with one attached hydrogen (secondary N) is 1. The summed E-state index contributed by atoms with van der Waals surface area (Å²) in [6, 6.07) is 0. The summed E-state index contributed by atoms with van der Waals surface area (Å²) in [5.74, 6) is -0.769. The Morgan fingerprint density at radius 1 is 0.852 bits per heavy atom. The molecule has 0 spiro atoms. The van der Waals surface area contributed by atoms with Gasteiger partial charge in [0.2, 0.25) is 5.91 Å². The molecule has 1 amide bonds. The van der Waals surface area contributed by atoms with E-state index >= 15 is 0 Å². The molecule has 0 atom stereocenters. The smallest absolute Gasteiger partial charge is 0.303 e. The Morgan fingerprint density at radius 3 is 2.30 bits per heavy atom. The standard InChI is InChI=1S/C23H41NO3/c1-3-4-5-6-9-12-16-21(2)17-13-10-7-8-11-14-18-22(25)24-20-15-19-23(26)27/h9,12,17H,3-8,10-11,13-16,18-20H2,1-2H3,(H,24,25)(H,26,27)/b12-9-,21-17-. The van der Waals surface area contributed by atoms with Crippen molar-refractivity contribution in [3.63, 3.8) is 0 Å². The fourth-order valence-electron chi connectivity index (χ4n) is 2.85. The molecule has 0 aromatic rings. The molecule has 4 heteroatoms. The highest BCUT2D eigenvalue weighted by molar-refractivity contribution is 5.75. The van der Waals surface area contributed by atoms with Crippen molar-refractivity contribution in [1.82, 2.24) is 5.32 Å². The van der Waals surface area contributed by atoms with Gasteiger partial charge in [-0.05, 0) is 51.9 Å². The molecule has 0 bridgehead atoms. The van der Waals surface area contributed by atoms with Crippen LogP contribution in [-0.2, 0) is 9.59 Å². The first-order valence-corrected chi connectivity index (χ1v) is 10.8. The van der Waals surface area contributed by atoms with Crippen molar-refractivity contribution in [1.29, 1.82) is 0 Å². The van der Waals surface area contributed by atoms with E-state index in [0.717, 1.165) is 25.7 Å². The third-order valence-corrected chi connectivity index (χ3v) is 4.57. The first kappa shape index (κ1) is 25.4. The van der Waals surface area contributed by atoms with Crippen LogP contribution in [0.1, 0.15) is 104 Å². The van der Waals surface area contributed by atoms with Crippen LogP contribution in [0.2, 0.25) is 0 Å². The number of carbonyl (C=O) groups excluding carboxylic acids is 1. The lowest BCUT2D eigenvalue weighted by atomic mass is 10.1. The summed E-state index contributed by atoms with van der Waals surface area (Å²) in [5.41, 5.74) is 1.46. The van der Waals surface area contributed by atoms with Gasteiger partial charge < -0.3 is 10.4 Å². The SMILES string of the molecule is CCCCC/C=C\C/C(C)=C\CCCCCCCC(=O)NCCCC(=O)O. The molecular weight excluding hydrogens is 338 g/mol. The van der Waals surface area contributed by atoms with Gasteiger partial charge in [-0.15, -0.1) is 0 Å². The van der Waals surface area contributed by atoms with Crippen LogP contribution in [0, 0.1) is 0 Å². The number of amides is 1. The fraction of sp³-hybridized carbons (Fsp3) is 0.739. The average molecular weight is 380 g/mol. The van der Waals surface area contributed by atoms with Crippen LogP contribution in [0.15, 0.2) is 23.8 Å². The molecule has 0 saturated heterocycles. The topological polar surface area (TPSA) is 66.4 Å². The monoisotopic (exact) mass is 379 g/mol. The maximum absolute atomic E-state index is 11.6. The highest BCUT2D eigenvalue weighted by atomic mass is 16.4. The van der Waals surface area contributed by atoms with Gasteiger partial charge in [-0.2, -0.15) is 0 Å². The zero-order chi connectivity index (χ0) is 20.2. The van der Waals surface area contributed by atoms with Crippen molar-refractivity contribution < 1.29 is 14.7 Å². The van der Waals surface area contributed by atoms with Crippen LogP contribution in [0.4, 0.5) is 0 Å². The molecular formula is C23H41NO3. The number of unbranched alkanes of at least 4 members (excludes halogenated alkanes) is 8. The van der Waals surface area contributed by atoms with Crippen molar-refractivity contribution in [2.45, 2.75) is 104 Å². The molecule has 156 valence electrons. The van der Waals surface area contributed by atoms with Gasteiger partial charge in [0.25, 0.3) is 0 Å². The number of hydrogen-bond acceptors (Lipinski definition) is 2. The molecule has 0 aromatic heterocycles. The summed E-state index contributed by atoms with van der Waals surface area (Å²) in [4.78, 5) is 22.0. The number of aliphatic carboxylic acids is 1. The van der Waals surface area contributed by atoms with Crippen LogP contribution < -0.4 is 5.32 Å². The van der Waals surface area contributed by atoms with Crippen LogP contribution in [0.25, 0.3) is 0 Å². The second-order valence-electron chi connectivity index (χ2n) is 7.38. The summed E-state index contributed by atoms with van der Waals surface area (Å²) >= 11 is 0. The Bertz CT molecular complexity index is 441. The molecule has 0 aliphatic heterocycles. The summed E-state index contributed by atoms with van der Waals surface area (Å²) in [6.07, 6.45) is 21.1. The van der Waals surface area contributed by atoms with Crippen molar-refractivity contribution >= 4 is 11.9 Å². The number of allylic oxidation sites excluding steroid dienone is 4. The van der Waals surface area contributed by atoms with Gasteiger partial charge in [0.1, 0.15) is 0 Å². The Kier molecular flexibility index (Phi) is 18.1. The summed E-state index contributed by atoms with van der Waals surface area (Å²) in [7, 11) is 0. The quantitative estimate of drug-likeness (QED) is 0.221. The zero-order valence-corrected chi connectivity index (χ0v) is 17.6. The van der Waals surface area contributed by atoms with E-state index in [1.54, 1.807) is 0 Å². The van der Waals surface area contributed by atoms with E-state index in [1.807, 2.05) is 0 Å². The Balaban J connectivity index is 3.44. The van der Waals surface area contributed by atoms with Crippen molar-refractivity contribution in [2.75, 3.05) is 6.54 Å². The molecule has 0 rings (SSSR count). The van der Waals surface area contributed by atoms with Crippen LogP contribution in [0.5, 0.6) is 0 Å². The number of carboxylic acid groups (broad SMARTS) is 1. The van der Waals surface area contributed by atoms with E-state index in [-0.39, 0.29) is 12.3 Å². The Hall–Kier alpha value is -1.58. The Labute approximate surface area is 166 Å². The molecule has 2 N–H and O–H groups in total. The predicted octanol–water partition coefficient (Wildman–Crippen LogP) is 6.17. The molecule has 0 heterocycles. The van der Waals surface area contributed by atoms with E-state index in [9.17, 15) is 9.59 Å². The van der Waals surface area contributed by atoms with Gasteiger partial charge in [-0.1, -0.05) is 62.8 Å². The molecule has 0 aliphatic rings. The lowest BCUT2D eigenvalue weighted by molar-refractivity contribution is -0.137. The van der Waals surface area contributed by atoms with Gasteiger partial charge >= 0.3 is 5.97 Å². The predicted molar refractivity (Wildman–Crippen MR) is 114 cm³/mol. The molecule has 0 aromatic carbocycles. The molecule has 4 nitrogen and oxygen atoms in total. The zero-order valence-electron chi connectivity index (χ0n) is 17.6. The van der Waals surface area contributed by atoms with E-state index in [4.69, 9.17) is 5.11 Å². The number of rotatable bonds is 18. The highest BCUT2D eigenvalue weighted by Gasteiger charge is 2.01. The van der Waals surface area contributed by atoms with Gasteiger partial charge in [0.05, 0.1) is 0 Å². The van der Waals surface area contributed by atoms with Crippen molar-refractivity contribution in [3.8, 4) is 0 Å². The van der Waals surface area contributed by atoms with Gasteiger partial charge in [-0.25, -0.2) is 0 Å². The summed E-state index contributed by atoms with van der Waals surface area (Å²) in [6.45, 7) is 4.91. The van der Waals surface area contributed by atoms with E-state index in [0.29, 0.717) is 19.4 Å². The first-order valence-electron chi connectivity index (χ1n) is 10.8. The second-order valence-corrected chi connectivity index (χ2v) is 7.38. The fourth-order valence-corrected chi connectivity index (χ4v) is 2.85.